The van der Waals surface area contributed by atoms with Gasteiger partial charge in [-0.25, -0.2) is 0 Å². The van der Waals surface area contributed by atoms with E-state index in [-0.39, 0.29) is 0 Å². The molecule has 0 saturated carbocycles. The Morgan fingerprint density at radius 3 is 1.02 bits per heavy atom. The van der Waals surface area contributed by atoms with E-state index in [0.717, 1.165) is 18.8 Å². The van der Waals surface area contributed by atoms with Gasteiger partial charge in [0.1, 0.15) is 0 Å². The quantitative estimate of drug-likeness (QED) is 0.0506. The van der Waals surface area contributed by atoms with Crippen molar-refractivity contribution in [3.63, 3.8) is 0 Å². The van der Waals surface area contributed by atoms with Gasteiger partial charge in [-0.2, -0.15) is 0 Å². The van der Waals surface area contributed by atoms with Crippen LogP contribution in [-0.4, -0.2) is 13.1 Å². The lowest BCUT2D eigenvalue weighted by Crippen LogP contribution is -2.16. The van der Waals surface area contributed by atoms with E-state index in [1.54, 1.807) is 0 Å². The minimum absolute atomic E-state index is 0.995. The highest BCUT2D eigenvalue weighted by atomic mass is 14.8. The van der Waals surface area contributed by atoms with Crippen molar-refractivity contribution in [2.45, 2.75) is 233 Å². The summed E-state index contributed by atoms with van der Waals surface area (Å²) in [4.78, 5) is 0. The molecule has 0 unspecified atom stereocenters. The van der Waals surface area contributed by atoms with E-state index < -0.39 is 0 Å². The summed E-state index contributed by atoms with van der Waals surface area (Å²) in [5.74, 6) is 0.995. The molecule has 1 heteroatoms. The first-order valence-corrected chi connectivity index (χ1v) is 22.2. The van der Waals surface area contributed by atoms with E-state index in [1.165, 1.54) is 212 Å². The molecule has 0 saturated heterocycles. The van der Waals surface area contributed by atoms with Crippen LogP contribution in [0.25, 0.3) is 0 Å². The van der Waals surface area contributed by atoms with Crippen molar-refractivity contribution in [3.8, 4) is 0 Å². The molecule has 0 rings (SSSR count). The van der Waals surface area contributed by atoms with E-state index in [0.29, 0.717) is 0 Å². The fourth-order valence-corrected chi connectivity index (χ4v) is 6.71. The zero-order chi connectivity index (χ0) is 34.7. The summed E-state index contributed by atoms with van der Waals surface area (Å²) < 4.78 is 0. The summed E-state index contributed by atoms with van der Waals surface area (Å²) in [6, 6.07) is 0. The number of nitrogens with one attached hydrogen (secondary N) is 1. The predicted octanol–water partition coefficient (Wildman–Crippen LogP) is 16.3. The second-order valence-corrected chi connectivity index (χ2v) is 14.9. The number of unbranched alkanes of at least 4 members (excludes halogenated alkanes) is 22. The molecule has 1 N–H and O–H groups in total. The van der Waals surface area contributed by atoms with Crippen molar-refractivity contribution in [2.24, 2.45) is 5.92 Å². The molecule has 282 valence electrons. The highest BCUT2D eigenvalue weighted by Crippen LogP contribution is 2.25. The first kappa shape index (κ1) is 46.9. The fraction of sp³-hybridized carbons (Fsp3) is 0.830. The third-order valence-electron chi connectivity index (χ3n) is 10.0. The Bertz CT molecular complexity index is 637. The molecular weight excluding hydrogens is 579 g/mol. The van der Waals surface area contributed by atoms with Gasteiger partial charge in [0.25, 0.3) is 0 Å². The molecule has 0 amide bonds. The van der Waals surface area contributed by atoms with Gasteiger partial charge in [0, 0.05) is 0 Å². The van der Waals surface area contributed by atoms with Crippen molar-refractivity contribution in [3.05, 3.63) is 48.6 Å². The summed E-state index contributed by atoms with van der Waals surface area (Å²) in [7, 11) is 0. The standard InChI is InChI=1S/C47H89N/c1-4-7-10-12-14-16-18-20-22-24-26-28-30-32-34-38-42-47(44-40-36-37-41-46-48-45-9-6-3)43-39-35-33-31-29-27-25-23-21-19-17-15-13-11-8-5-2/h12-15,18-21,47-48H,4-11,16-17,22-46H2,1-3H3/b14-12-,15-13-,20-18-,21-19-. The van der Waals surface area contributed by atoms with E-state index in [4.69, 9.17) is 0 Å². The molecule has 0 spiro atoms. The average Bonchev–Trinajstić information content (AvgIpc) is 3.10. The highest BCUT2D eigenvalue weighted by molar-refractivity contribution is 4.93. The normalized spacial score (nSPS) is 12.4. The van der Waals surface area contributed by atoms with Crippen LogP contribution in [0.3, 0.4) is 0 Å². The van der Waals surface area contributed by atoms with Crippen LogP contribution in [0.5, 0.6) is 0 Å². The molecule has 0 fully saturated rings. The first-order valence-electron chi connectivity index (χ1n) is 22.2. The second kappa shape index (κ2) is 43.9. The van der Waals surface area contributed by atoms with Gasteiger partial charge in [0.2, 0.25) is 0 Å². The van der Waals surface area contributed by atoms with Crippen molar-refractivity contribution in [1.29, 1.82) is 0 Å². The third kappa shape index (κ3) is 41.1. The third-order valence-corrected chi connectivity index (χ3v) is 10.0. The zero-order valence-corrected chi connectivity index (χ0v) is 33.4. The summed E-state index contributed by atoms with van der Waals surface area (Å²) in [5, 5.41) is 3.62. The predicted molar refractivity (Wildman–Crippen MR) is 222 cm³/mol. The SMILES string of the molecule is CCCC/C=C\C/C=C\CCCCCCCCCC(CCCCCCCCC/C=C\C/C=C\CCCC)CCCCCCNCCCC. The van der Waals surface area contributed by atoms with Crippen molar-refractivity contribution in [1.82, 2.24) is 5.32 Å². The van der Waals surface area contributed by atoms with Crippen LogP contribution in [0.4, 0.5) is 0 Å². The van der Waals surface area contributed by atoms with E-state index in [9.17, 15) is 0 Å². The Morgan fingerprint density at radius 2 is 0.625 bits per heavy atom. The van der Waals surface area contributed by atoms with Gasteiger partial charge in [-0.3, -0.25) is 0 Å². The van der Waals surface area contributed by atoms with Crippen LogP contribution < -0.4 is 5.32 Å². The van der Waals surface area contributed by atoms with Gasteiger partial charge in [-0.1, -0.05) is 217 Å². The van der Waals surface area contributed by atoms with E-state index >= 15 is 0 Å². The highest BCUT2D eigenvalue weighted by Gasteiger charge is 2.09. The van der Waals surface area contributed by atoms with Crippen LogP contribution in [0.15, 0.2) is 48.6 Å². The van der Waals surface area contributed by atoms with Gasteiger partial charge in [-0.05, 0) is 83.2 Å². The van der Waals surface area contributed by atoms with Gasteiger partial charge < -0.3 is 5.32 Å². The molecule has 0 bridgehead atoms. The summed E-state index contributed by atoms with van der Waals surface area (Å²) in [6.45, 7) is 9.25. The maximum absolute atomic E-state index is 3.62. The van der Waals surface area contributed by atoms with Crippen molar-refractivity contribution in [2.75, 3.05) is 13.1 Å². The van der Waals surface area contributed by atoms with Crippen LogP contribution in [0.1, 0.15) is 233 Å². The smallest absolute Gasteiger partial charge is 0.00489 e. The van der Waals surface area contributed by atoms with Crippen LogP contribution >= 0.6 is 0 Å². The maximum atomic E-state index is 3.62. The van der Waals surface area contributed by atoms with Crippen LogP contribution in [-0.2, 0) is 0 Å². The Labute approximate surface area is 304 Å². The Morgan fingerprint density at radius 1 is 0.312 bits per heavy atom. The monoisotopic (exact) mass is 668 g/mol. The summed E-state index contributed by atoms with van der Waals surface area (Å²) in [5.41, 5.74) is 0. The van der Waals surface area contributed by atoms with E-state index in [2.05, 4.69) is 74.7 Å². The lowest BCUT2D eigenvalue weighted by Gasteiger charge is -2.17. The van der Waals surface area contributed by atoms with Gasteiger partial charge in [0.15, 0.2) is 0 Å². The molecule has 48 heavy (non-hydrogen) atoms. The Hall–Kier alpha value is -1.08. The molecule has 0 radical (unpaired) electrons. The summed E-state index contributed by atoms with van der Waals surface area (Å²) >= 11 is 0. The van der Waals surface area contributed by atoms with Crippen molar-refractivity contribution < 1.29 is 0 Å². The molecule has 0 atom stereocenters. The number of allylic oxidation sites excluding steroid dienone is 8. The first-order chi connectivity index (χ1) is 23.8. The lowest BCUT2D eigenvalue weighted by atomic mass is 9.89. The minimum atomic E-state index is 0.995. The van der Waals surface area contributed by atoms with Gasteiger partial charge >= 0.3 is 0 Å². The molecule has 0 aliphatic rings. The largest absolute Gasteiger partial charge is 0.317 e. The maximum Gasteiger partial charge on any atom is -0.00489 e. The minimum Gasteiger partial charge on any atom is -0.317 e. The summed E-state index contributed by atoms with van der Waals surface area (Å²) in [6.07, 6.45) is 64.5. The lowest BCUT2D eigenvalue weighted by molar-refractivity contribution is 0.365. The molecule has 1 nitrogen and oxygen atoms in total. The van der Waals surface area contributed by atoms with E-state index in [1.807, 2.05) is 0 Å². The molecule has 0 aromatic heterocycles. The second-order valence-electron chi connectivity index (χ2n) is 14.9. The van der Waals surface area contributed by atoms with Crippen molar-refractivity contribution >= 4 is 0 Å². The molecule has 0 aliphatic heterocycles. The molecule has 0 heterocycles. The van der Waals surface area contributed by atoms with Crippen LogP contribution in [0.2, 0.25) is 0 Å². The Balaban J connectivity index is 3.97. The van der Waals surface area contributed by atoms with Gasteiger partial charge in [0.05, 0.1) is 0 Å². The molecular formula is C47H89N. The average molecular weight is 668 g/mol. The Kier molecular flexibility index (Phi) is 43.0. The number of hydrogen-bond acceptors (Lipinski definition) is 1. The number of rotatable bonds is 40. The van der Waals surface area contributed by atoms with Crippen LogP contribution in [0, 0.1) is 5.92 Å². The van der Waals surface area contributed by atoms with Gasteiger partial charge in [-0.15, -0.1) is 0 Å². The number of hydrogen-bond donors (Lipinski definition) is 1. The molecule has 0 aliphatic carbocycles. The zero-order valence-electron chi connectivity index (χ0n) is 33.4. The fourth-order valence-electron chi connectivity index (χ4n) is 6.71. The molecule has 0 aromatic carbocycles. The molecule has 0 aromatic rings. The topological polar surface area (TPSA) is 12.0 Å².